The summed E-state index contributed by atoms with van der Waals surface area (Å²) in [6.07, 6.45) is -4.45. The molecule has 0 saturated carbocycles. The monoisotopic (exact) mass is 291 g/mol. The number of nitrogens with one attached hydrogen (secondary N) is 2. The van der Waals surface area contributed by atoms with Gasteiger partial charge in [-0.15, -0.1) is 0 Å². The van der Waals surface area contributed by atoms with Crippen LogP contribution in [0, 0.1) is 0 Å². The fourth-order valence-corrected chi connectivity index (χ4v) is 1.36. The van der Waals surface area contributed by atoms with Gasteiger partial charge in [0.2, 0.25) is 0 Å². The van der Waals surface area contributed by atoms with Gasteiger partial charge in [0.1, 0.15) is 11.6 Å². The zero-order valence-electron chi connectivity index (χ0n) is 12.2. The Labute approximate surface area is 116 Å². The number of hydrogen-bond donors (Lipinski definition) is 3. The normalized spacial score (nSPS) is 13.2. The fraction of sp³-hybridized carbons (Fsp3) is 0.615. The molecule has 0 aromatic carbocycles. The van der Waals surface area contributed by atoms with Gasteiger partial charge in [-0.1, -0.05) is 0 Å². The summed E-state index contributed by atoms with van der Waals surface area (Å²) in [6, 6.07) is 1.86. The molecule has 1 aromatic rings. The van der Waals surface area contributed by atoms with Crippen LogP contribution in [0.3, 0.4) is 0 Å². The highest BCUT2D eigenvalue weighted by molar-refractivity contribution is 5.51. The molecular formula is C13H20F3N3O. The van der Waals surface area contributed by atoms with Crippen molar-refractivity contribution in [2.75, 3.05) is 17.7 Å². The van der Waals surface area contributed by atoms with Gasteiger partial charge in [-0.05, 0) is 39.8 Å². The van der Waals surface area contributed by atoms with Gasteiger partial charge in [0.05, 0.1) is 16.7 Å². The van der Waals surface area contributed by atoms with E-state index >= 15 is 0 Å². The molecule has 0 aliphatic heterocycles. The van der Waals surface area contributed by atoms with Crippen LogP contribution in [-0.2, 0) is 6.18 Å². The standard InChI is InChI=1S/C13H20F3N3O/c1-11(2,12(3,4)20)19-10-7-8(13(14,15)16)6-9(17-5)18-10/h6-7,20H,1-5H3,(H2,17,18,19). The third-order valence-electron chi connectivity index (χ3n) is 3.38. The van der Waals surface area contributed by atoms with Crippen molar-refractivity contribution in [2.24, 2.45) is 0 Å². The Balaban J connectivity index is 3.20. The van der Waals surface area contributed by atoms with Crippen LogP contribution in [0.4, 0.5) is 24.8 Å². The number of nitrogens with zero attached hydrogens (tertiary/aromatic N) is 1. The van der Waals surface area contributed by atoms with Crippen molar-refractivity contribution in [3.63, 3.8) is 0 Å². The molecule has 1 heterocycles. The lowest BCUT2D eigenvalue weighted by Gasteiger charge is -2.38. The SMILES string of the molecule is CNc1cc(C(F)(F)F)cc(NC(C)(C)C(C)(C)O)n1. The quantitative estimate of drug-likeness (QED) is 0.798. The fourth-order valence-electron chi connectivity index (χ4n) is 1.36. The minimum atomic E-state index is -4.45. The number of rotatable bonds is 4. The first-order valence-corrected chi connectivity index (χ1v) is 6.14. The average Bonchev–Trinajstić information content (AvgIpc) is 2.25. The molecule has 0 spiro atoms. The first-order valence-electron chi connectivity index (χ1n) is 6.14. The van der Waals surface area contributed by atoms with Crippen molar-refractivity contribution in [2.45, 2.75) is 45.0 Å². The van der Waals surface area contributed by atoms with E-state index in [1.165, 1.54) is 7.05 Å². The zero-order valence-corrected chi connectivity index (χ0v) is 12.2. The van der Waals surface area contributed by atoms with E-state index in [9.17, 15) is 18.3 Å². The summed E-state index contributed by atoms with van der Waals surface area (Å²) >= 11 is 0. The second-order valence-electron chi connectivity index (χ2n) is 5.68. The first-order chi connectivity index (χ1) is 8.87. The third kappa shape index (κ3) is 3.75. The van der Waals surface area contributed by atoms with Crippen molar-refractivity contribution in [3.8, 4) is 0 Å². The average molecular weight is 291 g/mol. The second kappa shape index (κ2) is 5.12. The van der Waals surface area contributed by atoms with E-state index in [2.05, 4.69) is 15.6 Å². The Morgan fingerprint density at radius 2 is 1.55 bits per heavy atom. The molecule has 0 unspecified atom stereocenters. The minimum absolute atomic E-state index is 0.0521. The molecule has 1 aromatic heterocycles. The van der Waals surface area contributed by atoms with Crippen molar-refractivity contribution in [3.05, 3.63) is 17.7 Å². The van der Waals surface area contributed by atoms with Crippen LogP contribution in [0.25, 0.3) is 0 Å². The lowest BCUT2D eigenvalue weighted by atomic mass is 9.86. The van der Waals surface area contributed by atoms with Crippen LogP contribution < -0.4 is 10.6 Å². The Hall–Kier alpha value is -1.50. The van der Waals surface area contributed by atoms with Gasteiger partial charge in [0.15, 0.2) is 0 Å². The van der Waals surface area contributed by atoms with Gasteiger partial charge in [-0.3, -0.25) is 0 Å². The van der Waals surface area contributed by atoms with Crippen LogP contribution >= 0.6 is 0 Å². The van der Waals surface area contributed by atoms with Crippen molar-refractivity contribution >= 4 is 11.6 Å². The Morgan fingerprint density at radius 1 is 1.05 bits per heavy atom. The van der Waals surface area contributed by atoms with Crippen molar-refractivity contribution in [1.82, 2.24) is 4.98 Å². The predicted molar refractivity (Wildman–Crippen MR) is 72.8 cm³/mol. The molecule has 20 heavy (non-hydrogen) atoms. The molecule has 0 radical (unpaired) electrons. The number of pyridine rings is 1. The highest BCUT2D eigenvalue weighted by atomic mass is 19.4. The second-order valence-corrected chi connectivity index (χ2v) is 5.68. The van der Waals surface area contributed by atoms with Crippen LogP contribution in [-0.4, -0.2) is 28.3 Å². The Bertz CT molecular complexity index is 479. The van der Waals surface area contributed by atoms with E-state index in [1.54, 1.807) is 27.7 Å². The molecule has 0 saturated heterocycles. The topological polar surface area (TPSA) is 57.2 Å². The molecule has 114 valence electrons. The Kier molecular flexibility index (Phi) is 4.24. The van der Waals surface area contributed by atoms with Crippen LogP contribution in [0.2, 0.25) is 0 Å². The molecule has 0 aliphatic carbocycles. The van der Waals surface area contributed by atoms with Crippen LogP contribution in [0.15, 0.2) is 12.1 Å². The predicted octanol–water partition coefficient (Wildman–Crippen LogP) is 3.10. The van der Waals surface area contributed by atoms with Gasteiger partial charge < -0.3 is 15.7 Å². The number of aromatic nitrogens is 1. The smallest absolute Gasteiger partial charge is 0.388 e. The van der Waals surface area contributed by atoms with E-state index in [0.29, 0.717) is 0 Å². The van der Waals surface area contributed by atoms with E-state index in [0.717, 1.165) is 12.1 Å². The summed E-state index contributed by atoms with van der Waals surface area (Å²) in [5, 5.41) is 15.5. The molecule has 0 amide bonds. The van der Waals surface area contributed by atoms with Gasteiger partial charge >= 0.3 is 6.18 Å². The van der Waals surface area contributed by atoms with Crippen molar-refractivity contribution < 1.29 is 18.3 Å². The minimum Gasteiger partial charge on any atom is -0.388 e. The van der Waals surface area contributed by atoms with Gasteiger partial charge in [0.25, 0.3) is 0 Å². The third-order valence-corrected chi connectivity index (χ3v) is 3.38. The van der Waals surface area contributed by atoms with Crippen molar-refractivity contribution in [1.29, 1.82) is 0 Å². The summed E-state index contributed by atoms with van der Waals surface area (Å²) in [4.78, 5) is 4.03. The van der Waals surface area contributed by atoms with Crippen LogP contribution in [0.5, 0.6) is 0 Å². The molecular weight excluding hydrogens is 271 g/mol. The maximum Gasteiger partial charge on any atom is 0.416 e. The summed E-state index contributed by atoms with van der Waals surface area (Å²) in [5.74, 6) is 0.158. The first kappa shape index (κ1) is 16.6. The lowest BCUT2D eigenvalue weighted by Crippen LogP contribution is -2.51. The van der Waals surface area contributed by atoms with Gasteiger partial charge in [-0.2, -0.15) is 13.2 Å². The van der Waals surface area contributed by atoms with Gasteiger partial charge in [-0.25, -0.2) is 4.98 Å². The zero-order chi connectivity index (χ0) is 15.8. The molecule has 4 nitrogen and oxygen atoms in total. The van der Waals surface area contributed by atoms with Gasteiger partial charge in [0, 0.05) is 7.05 Å². The largest absolute Gasteiger partial charge is 0.416 e. The molecule has 1 rings (SSSR count). The van der Waals surface area contributed by atoms with E-state index in [-0.39, 0.29) is 11.6 Å². The Morgan fingerprint density at radius 3 is 1.95 bits per heavy atom. The van der Waals surface area contributed by atoms with E-state index in [4.69, 9.17) is 0 Å². The maximum absolute atomic E-state index is 12.8. The molecule has 0 atom stereocenters. The molecule has 0 fully saturated rings. The summed E-state index contributed by atoms with van der Waals surface area (Å²) in [6.45, 7) is 6.53. The van der Waals surface area contributed by atoms with E-state index in [1.807, 2.05) is 0 Å². The lowest BCUT2D eigenvalue weighted by molar-refractivity contribution is -0.137. The number of halogens is 3. The molecule has 7 heteroatoms. The molecule has 0 bridgehead atoms. The highest BCUT2D eigenvalue weighted by Gasteiger charge is 2.36. The van der Waals surface area contributed by atoms with E-state index < -0.39 is 22.9 Å². The maximum atomic E-state index is 12.8. The van der Waals surface area contributed by atoms with Crippen LogP contribution in [0.1, 0.15) is 33.3 Å². The number of anilines is 2. The number of hydrogen-bond acceptors (Lipinski definition) is 4. The summed E-state index contributed by atoms with van der Waals surface area (Å²) in [7, 11) is 1.49. The highest BCUT2D eigenvalue weighted by Crippen LogP contribution is 2.33. The molecule has 0 aliphatic rings. The molecule has 3 N–H and O–H groups in total. The number of alkyl halides is 3. The summed E-state index contributed by atoms with van der Waals surface area (Å²) in [5.41, 5.74) is -2.79. The number of aliphatic hydroxyl groups is 1. The summed E-state index contributed by atoms with van der Waals surface area (Å²) < 4.78 is 38.5.